The smallest absolute Gasteiger partial charge is 0.344 e. The number of carboxylic acids is 2. The van der Waals surface area contributed by atoms with Crippen molar-refractivity contribution in [2.24, 2.45) is 0 Å². The number of carbonyl (C=O) groups is 3. The fourth-order valence-electron chi connectivity index (χ4n) is 1.59. The van der Waals surface area contributed by atoms with Gasteiger partial charge in [0, 0.05) is 0 Å². The van der Waals surface area contributed by atoms with Crippen molar-refractivity contribution >= 4 is 23.8 Å². The summed E-state index contributed by atoms with van der Waals surface area (Å²) < 4.78 is 4.86. The van der Waals surface area contributed by atoms with Crippen molar-refractivity contribution in [2.45, 2.75) is 12.0 Å². The third-order valence-electron chi connectivity index (χ3n) is 2.80. The van der Waals surface area contributed by atoms with Crippen molar-refractivity contribution in [3.05, 3.63) is 29.8 Å². The Morgan fingerprint density at radius 2 is 1.91 bits per heavy atom. The van der Waals surface area contributed by atoms with Crippen molar-refractivity contribution < 1.29 is 39.5 Å². The number of ketones is 1. The van der Waals surface area contributed by atoms with E-state index < -0.39 is 29.7 Å². The molecule has 0 fully saturated rings. The quantitative estimate of drug-likeness (QED) is 0.415. The molecular formula is C14H14O8. The SMILES string of the molecule is COc1cc(/C=C/C(=O)C(O)(CC(=O)O)C(=O)O)ccc1O. The number of benzene rings is 1. The number of carbonyl (C=O) groups excluding carboxylic acids is 1. The molecule has 1 atom stereocenters. The van der Waals surface area contributed by atoms with Crippen LogP contribution in [0.25, 0.3) is 6.08 Å². The van der Waals surface area contributed by atoms with Crippen LogP contribution in [0.15, 0.2) is 24.3 Å². The molecule has 118 valence electrons. The molecule has 0 saturated heterocycles. The van der Waals surface area contributed by atoms with E-state index in [0.29, 0.717) is 5.56 Å². The lowest BCUT2D eigenvalue weighted by molar-refractivity contribution is -0.169. The van der Waals surface area contributed by atoms with Crippen LogP contribution in [0.4, 0.5) is 0 Å². The molecule has 0 aliphatic heterocycles. The number of phenols is 1. The van der Waals surface area contributed by atoms with Gasteiger partial charge in [-0.1, -0.05) is 12.1 Å². The number of hydrogen-bond donors (Lipinski definition) is 4. The molecule has 0 aliphatic carbocycles. The Kier molecular flexibility index (Phi) is 5.25. The third-order valence-corrected chi connectivity index (χ3v) is 2.80. The number of methoxy groups -OCH3 is 1. The molecule has 22 heavy (non-hydrogen) atoms. The minimum absolute atomic E-state index is 0.126. The van der Waals surface area contributed by atoms with E-state index in [1.165, 1.54) is 31.4 Å². The highest BCUT2D eigenvalue weighted by molar-refractivity contribution is 6.14. The number of rotatable bonds is 7. The van der Waals surface area contributed by atoms with Crippen LogP contribution >= 0.6 is 0 Å². The lowest BCUT2D eigenvalue weighted by Gasteiger charge is -2.17. The maximum Gasteiger partial charge on any atom is 0.344 e. The van der Waals surface area contributed by atoms with Crippen LogP contribution in [-0.2, 0) is 14.4 Å². The molecule has 0 aliphatic rings. The van der Waals surface area contributed by atoms with E-state index in [1.807, 2.05) is 0 Å². The van der Waals surface area contributed by atoms with E-state index in [4.69, 9.17) is 14.9 Å². The summed E-state index contributed by atoms with van der Waals surface area (Å²) in [7, 11) is 1.32. The number of aliphatic hydroxyl groups is 1. The molecule has 1 aromatic rings. The first-order valence-electron chi connectivity index (χ1n) is 5.97. The highest BCUT2D eigenvalue weighted by Gasteiger charge is 2.44. The molecule has 0 aromatic heterocycles. The summed E-state index contributed by atoms with van der Waals surface area (Å²) in [5.74, 6) is -4.85. The first-order valence-corrected chi connectivity index (χ1v) is 5.97. The molecule has 8 nitrogen and oxygen atoms in total. The monoisotopic (exact) mass is 310 g/mol. The minimum Gasteiger partial charge on any atom is -0.504 e. The summed E-state index contributed by atoms with van der Waals surface area (Å²) in [4.78, 5) is 33.3. The zero-order valence-corrected chi connectivity index (χ0v) is 11.5. The Balaban J connectivity index is 3.03. The van der Waals surface area contributed by atoms with Gasteiger partial charge in [0.05, 0.1) is 13.5 Å². The second kappa shape index (κ2) is 6.72. The van der Waals surface area contributed by atoms with Gasteiger partial charge in [0.15, 0.2) is 17.3 Å². The van der Waals surface area contributed by atoms with Crippen LogP contribution in [0.1, 0.15) is 12.0 Å². The van der Waals surface area contributed by atoms with Crippen LogP contribution in [0.5, 0.6) is 11.5 Å². The van der Waals surface area contributed by atoms with Crippen molar-refractivity contribution in [1.82, 2.24) is 0 Å². The van der Waals surface area contributed by atoms with Crippen molar-refractivity contribution in [3.8, 4) is 11.5 Å². The first-order chi connectivity index (χ1) is 10.2. The summed E-state index contributed by atoms with van der Waals surface area (Å²) in [5, 5.41) is 36.6. The number of aromatic hydroxyl groups is 1. The molecule has 0 bridgehead atoms. The number of aliphatic carboxylic acids is 2. The van der Waals surface area contributed by atoms with Crippen molar-refractivity contribution in [1.29, 1.82) is 0 Å². The maximum atomic E-state index is 11.8. The highest BCUT2D eigenvalue weighted by atomic mass is 16.5. The zero-order valence-electron chi connectivity index (χ0n) is 11.5. The van der Waals surface area contributed by atoms with Gasteiger partial charge in [-0.2, -0.15) is 0 Å². The largest absolute Gasteiger partial charge is 0.504 e. The molecule has 1 rings (SSSR count). The van der Waals surface area contributed by atoms with Crippen LogP contribution in [-0.4, -0.2) is 50.9 Å². The molecular weight excluding hydrogens is 296 g/mol. The van der Waals surface area contributed by atoms with Gasteiger partial charge in [0.1, 0.15) is 0 Å². The summed E-state index contributed by atoms with van der Waals surface area (Å²) in [6.45, 7) is 0. The Labute approximate surface area is 124 Å². The lowest BCUT2D eigenvalue weighted by Crippen LogP contribution is -2.47. The van der Waals surface area contributed by atoms with Gasteiger partial charge in [-0.05, 0) is 23.8 Å². The molecule has 0 radical (unpaired) electrons. The molecule has 1 aromatic carbocycles. The molecule has 0 heterocycles. The fourth-order valence-corrected chi connectivity index (χ4v) is 1.59. The van der Waals surface area contributed by atoms with Gasteiger partial charge in [-0.15, -0.1) is 0 Å². The highest BCUT2D eigenvalue weighted by Crippen LogP contribution is 2.27. The average Bonchev–Trinajstić information content (AvgIpc) is 2.44. The standard InChI is InChI=1S/C14H14O8/c1-22-10-6-8(2-4-9(10)15)3-5-11(16)14(21,13(19)20)7-12(17)18/h2-6,15,21H,7H2,1H3,(H,17,18)(H,19,20)/b5-3+. The number of hydrogen-bond acceptors (Lipinski definition) is 6. The zero-order chi connectivity index (χ0) is 16.9. The Morgan fingerprint density at radius 3 is 2.41 bits per heavy atom. The van der Waals surface area contributed by atoms with Gasteiger partial charge in [-0.25, -0.2) is 4.79 Å². The van der Waals surface area contributed by atoms with Crippen molar-refractivity contribution in [3.63, 3.8) is 0 Å². The fraction of sp³-hybridized carbons (Fsp3) is 0.214. The topological polar surface area (TPSA) is 141 Å². The molecule has 8 heteroatoms. The minimum atomic E-state index is -3.04. The van der Waals surface area contributed by atoms with Gasteiger partial charge in [0.2, 0.25) is 5.60 Å². The molecule has 4 N–H and O–H groups in total. The van der Waals surface area contributed by atoms with E-state index in [-0.39, 0.29) is 11.5 Å². The Morgan fingerprint density at radius 1 is 1.27 bits per heavy atom. The van der Waals surface area contributed by atoms with Gasteiger partial charge in [-0.3, -0.25) is 9.59 Å². The normalized spacial score (nSPS) is 13.5. The average molecular weight is 310 g/mol. The predicted octanol–water partition coefficient (Wildman–Crippen LogP) is 0.273. The number of carboxylic acid groups (broad SMARTS) is 2. The lowest BCUT2D eigenvalue weighted by atomic mass is 9.93. The third kappa shape index (κ3) is 3.83. The molecule has 0 spiro atoms. The summed E-state index contributed by atoms with van der Waals surface area (Å²) in [6, 6.07) is 4.08. The van der Waals surface area contributed by atoms with E-state index in [0.717, 1.165) is 6.08 Å². The Bertz CT molecular complexity index is 634. The molecule has 0 amide bonds. The first kappa shape index (κ1) is 17.2. The second-order valence-corrected chi connectivity index (χ2v) is 4.36. The second-order valence-electron chi connectivity index (χ2n) is 4.36. The van der Waals surface area contributed by atoms with Crippen LogP contribution < -0.4 is 4.74 Å². The maximum absolute atomic E-state index is 11.8. The summed E-state index contributed by atoms with van der Waals surface area (Å²) in [6.07, 6.45) is 0.660. The van der Waals surface area contributed by atoms with Gasteiger partial charge in [0.25, 0.3) is 0 Å². The van der Waals surface area contributed by atoms with E-state index in [9.17, 15) is 24.6 Å². The van der Waals surface area contributed by atoms with Gasteiger partial charge < -0.3 is 25.2 Å². The summed E-state index contributed by atoms with van der Waals surface area (Å²) >= 11 is 0. The van der Waals surface area contributed by atoms with E-state index in [1.54, 1.807) is 0 Å². The van der Waals surface area contributed by atoms with E-state index >= 15 is 0 Å². The molecule has 1 unspecified atom stereocenters. The van der Waals surface area contributed by atoms with Gasteiger partial charge >= 0.3 is 11.9 Å². The molecule has 0 saturated carbocycles. The predicted molar refractivity (Wildman–Crippen MR) is 73.5 cm³/mol. The summed E-state index contributed by atoms with van der Waals surface area (Å²) in [5.41, 5.74) is -2.66. The number of ether oxygens (including phenoxy) is 1. The van der Waals surface area contributed by atoms with Crippen LogP contribution in [0, 0.1) is 0 Å². The Hall–Kier alpha value is -2.87. The number of phenolic OH excluding ortho intramolecular Hbond substituents is 1. The van der Waals surface area contributed by atoms with Crippen molar-refractivity contribution in [2.75, 3.05) is 7.11 Å². The van der Waals surface area contributed by atoms with E-state index in [2.05, 4.69) is 0 Å². The van der Waals surface area contributed by atoms with Crippen LogP contribution in [0.2, 0.25) is 0 Å². The van der Waals surface area contributed by atoms with Crippen LogP contribution in [0.3, 0.4) is 0 Å².